The van der Waals surface area contributed by atoms with Crippen molar-refractivity contribution in [1.29, 1.82) is 0 Å². The molecular formula is C14H23N3O. The number of aromatic nitrogens is 1. The van der Waals surface area contributed by atoms with Crippen LogP contribution in [0.5, 0.6) is 0 Å². The Balaban J connectivity index is 1.94. The zero-order chi connectivity index (χ0) is 13.0. The predicted molar refractivity (Wildman–Crippen MR) is 74.0 cm³/mol. The summed E-state index contributed by atoms with van der Waals surface area (Å²) in [4.78, 5) is 6.77. The van der Waals surface area contributed by atoms with Crippen LogP contribution < -0.4 is 10.2 Å². The first kappa shape index (κ1) is 13.3. The van der Waals surface area contributed by atoms with Crippen LogP contribution >= 0.6 is 0 Å². The molecule has 1 heterocycles. The van der Waals surface area contributed by atoms with E-state index in [1.165, 1.54) is 18.4 Å². The quantitative estimate of drug-likeness (QED) is 0.798. The van der Waals surface area contributed by atoms with E-state index in [1.54, 1.807) is 7.11 Å². The van der Waals surface area contributed by atoms with Gasteiger partial charge in [-0.05, 0) is 31.4 Å². The molecular weight excluding hydrogens is 226 g/mol. The Morgan fingerprint density at radius 3 is 2.83 bits per heavy atom. The van der Waals surface area contributed by atoms with Gasteiger partial charge in [0.2, 0.25) is 0 Å². The van der Waals surface area contributed by atoms with E-state index < -0.39 is 0 Å². The van der Waals surface area contributed by atoms with Crippen LogP contribution in [-0.2, 0) is 11.3 Å². The van der Waals surface area contributed by atoms with Crippen LogP contribution in [0.4, 0.5) is 5.82 Å². The fourth-order valence-electron chi connectivity index (χ4n) is 1.86. The second-order valence-corrected chi connectivity index (χ2v) is 4.98. The fourth-order valence-corrected chi connectivity index (χ4v) is 1.86. The monoisotopic (exact) mass is 249 g/mol. The van der Waals surface area contributed by atoms with Crippen molar-refractivity contribution in [3.63, 3.8) is 0 Å². The maximum atomic E-state index is 5.08. The lowest BCUT2D eigenvalue weighted by Crippen LogP contribution is -2.23. The number of pyridine rings is 1. The van der Waals surface area contributed by atoms with Crippen LogP contribution in [0.3, 0.4) is 0 Å². The Kier molecular flexibility index (Phi) is 4.55. The van der Waals surface area contributed by atoms with Crippen molar-refractivity contribution in [1.82, 2.24) is 10.3 Å². The number of rotatable bonds is 7. The molecule has 0 radical (unpaired) electrons. The van der Waals surface area contributed by atoms with E-state index in [0.29, 0.717) is 0 Å². The Morgan fingerprint density at radius 2 is 2.22 bits per heavy atom. The molecule has 0 saturated heterocycles. The minimum Gasteiger partial charge on any atom is -0.383 e. The number of nitrogens with one attached hydrogen (secondary N) is 1. The molecule has 1 saturated carbocycles. The summed E-state index contributed by atoms with van der Waals surface area (Å²) in [5, 5.41) is 3.52. The third-order valence-electron chi connectivity index (χ3n) is 3.36. The average molecular weight is 249 g/mol. The number of ether oxygens (including phenoxy) is 1. The van der Waals surface area contributed by atoms with E-state index in [0.717, 1.165) is 37.3 Å². The van der Waals surface area contributed by atoms with Crippen molar-refractivity contribution in [2.75, 3.05) is 32.2 Å². The maximum Gasteiger partial charge on any atom is 0.128 e. The Labute approximate surface area is 109 Å². The first-order valence-corrected chi connectivity index (χ1v) is 6.60. The highest BCUT2D eigenvalue weighted by molar-refractivity contribution is 5.40. The molecule has 1 N–H and O–H groups in total. The van der Waals surface area contributed by atoms with Crippen LogP contribution in [0.25, 0.3) is 0 Å². The number of hydrogen-bond acceptors (Lipinski definition) is 4. The number of hydrogen-bond donors (Lipinski definition) is 1. The molecule has 0 amide bonds. The topological polar surface area (TPSA) is 37.4 Å². The molecule has 1 aromatic heterocycles. The first-order valence-electron chi connectivity index (χ1n) is 6.60. The third-order valence-corrected chi connectivity index (χ3v) is 3.36. The fraction of sp³-hybridized carbons (Fsp3) is 0.643. The molecule has 1 fully saturated rings. The van der Waals surface area contributed by atoms with Crippen molar-refractivity contribution in [3.05, 3.63) is 23.4 Å². The van der Waals surface area contributed by atoms with Gasteiger partial charge in [-0.2, -0.15) is 0 Å². The van der Waals surface area contributed by atoms with Gasteiger partial charge in [-0.25, -0.2) is 4.98 Å². The smallest absolute Gasteiger partial charge is 0.128 e. The van der Waals surface area contributed by atoms with Crippen molar-refractivity contribution in [2.24, 2.45) is 0 Å². The summed E-state index contributed by atoms with van der Waals surface area (Å²) in [6.07, 6.45) is 2.65. The highest BCUT2D eigenvalue weighted by atomic mass is 16.5. The Bertz CT molecular complexity index is 391. The van der Waals surface area contributed by atoms with E-state index in [4.69, 9.17) is 4.74 Å². The Morgan fingerprint density at radius 1 is 1.44 bits per heavy atom. The lowest BCUT2D eigenvalue weighted by Gasteiger charge is -2.19. The normalized spacial score (nSPS) is 14.8. The van der Waals surface area contributed by atoms with Gasteiger partial charge in [0.05, 0.1) is 6.61 Å². The highest BCUT2D eigenvalue weighted by Crippen LogP contribution is 2.20. The summed E-state index contributed by atoms with van der Waals surface area (Å²) in [6, 6.07) is 5.01. The lowest BCUT2D eigenvalue weighted by atomic mass is 10.2. The molecule has 1 aliphatic carbocycles. The van der Waals surface area contributed by atoms with Gasteiger partial charge in [-0.3, -0.25) is 0 Å². The minimum absolute atomic E-state index is 0.724. The predicted octanol–water partition coefficient (Wildman–Crippen LogP) is 1.72. The average Bonchev–Trinajstić information content (AvgIpc) is 3.18. The standard InChI is InChI=1S/C14H23N3O/c1-11-12(10-15-13-5-6-13)4-7-14(16-11)17(2)8-9-18-3/h4,7,13,15H,5-6,8-10H2,1-3H3. The SMILES string of the molecule is COCCN(C)c1ccc(CNC2CC2)c(C)n1. The van der Waals surface area contributed by atoms with Gasteiger partial charge in [-0.15, -0.1) is 0 Å². The molecule has 1 aliphatic rings. The van der Waals surface area contributed by atoms with Gasteiger partial charge in [-0.1, -0.05) is 6.07 Å². The molecule has 100 valence electrons. The molecule has 2 rings (SSSR count). The van der Waals surface area contributed by atoms with E-state index in [-0.39, 0.29) is 0 Å². The van der Waals surface area contributed by atoms with Crippen LogP contribution in [0.15, 0.2) is 12.1 Å². The molecule has 1 aromatic rings. The van der Waals surface area contributed by atoms with Gasteiger partial charge in [0.15, 0.2) is 0 Å². The number of likely N-dealkylation sites (N-methyl/N-ethyl adjacent to an activating group) is 1. The number of methoxy groups -OCH3 is 1. The first-order chi connectivity index (χ1) is 8.70. The summed E-state index contributed by atoms with van der Waals surface area (Å²) in [5.74, 6) is 1.01. The molecule has 0 spiro atoms. The van der Waals surface area contributed by atoms with E-state index in [1.807, 2.05) is 7.05 Å². The lowest BCUT2D eigenvalue weighted by molar-refractivity contribution is 0.206. The zero-order valence-electron chi connectivity index (χ0n) is 11.6. The second-order valence-electron chi connectivity index (χ2n) is 4.98. The molecule has 4 heteroatoms. The zero-order valence-corrected chi connectivity index (χ0v) is 11.6. The van der Waals surface area contributed by atoms with E-state index in [2.05, 4.69) is 34.3 Å². The summed E-state index contributed by atoms with van der Waals surface area (Å²) >= 11 is 0. The van der Waals surface area contributed by atoms with Gasteiger partial charge in [0.25, 0.3) is 0 Å². The third kappa shape index (κ3) is 3.68. The van der Waals surface area contributed by atoms with Gasteiger partial charge in [0, 0.05) is 39.0 Å². The number of nitrogens with zero attached hydrogens (tertiary/aromatic N) is 2. The minimum atomic E-state index is 0.724. The van der Waals surface area contributed by atoms with Gasteiger partial charge in [0.1, 0.15) is 5.82 Å². The van der Waals surface area contributed by atoms with Crippen molar-refractivity contribution >= 4 is 5.82 Å². The summed E-state index contributed by atoms with van der Waals surface area (Å²) in [7, 11) is 3.77. The Hall–Kier alpha value is -1.13. The van der Waals surface area contributed by atoms with Crippen molar-refractivity contribution < 1.29 is 4.74 Å². The van der Waals surface area contributed by atoms with E-state index in [9.17, 15) is 0 Å². The van der Waals surface area contributed by atoms with Gasteiger partial charge < -0.3 is 15.0 Å². The molecule has 0 aromatic carbocycles. The van der Waals surface area contributed by atoms with Crippen LogP contribution in [-0.4, -0.2) is 38.3 Å². The van der Waals surface area contributed by atoms with Crippen LogP contribution in [0.1, 0.15) is 24.1 Å². The molecule has 0 aliphatic heterocycles. The van der Waals surface area contributed by atoms with Crippen LogP contribution in [0.2, 0.25) is 0 Å². The van der Waals surface area contributed by atoms with Crippen molar-refractivity contribution in [2.45, 2.75) is 32.4 Å². The number of aryl methyl sites for hydroxylation is 1. The van der Waals surface area contributed by atoms with Gasteiger partial charge >= 0.3 is 0 Å². The number of anilines is 1. The molecule has 0 unspecified atom stereocenters. The largest absolute Gasteiger partial charge is 0.383 e. The summed E-state index contributed by atoms with van der Waals surface area (Å²) in [5.41, 5.74) is 2.41. The molecule has 4 nitrogen and oxygen atoms in total. The van der Waals surface area contributed by atoms with E-state index >= 15 is 0 Å². The van der Waals surface area contributed by atoms with Crippen molar-refractivity contribution in [3.8, 4) is 0 Å². The molecule has 18 heavy (non-hydrogen) atoms. The highest BCUT2D eigenvalue weighted by Gasteiger charge is 2.20. The second kappa shape index (κ2) is 6.16. The molecule has 0 atom stereocenters. The molecule has 0 bridgehead atoms. The summed E-state index contributed by atoms with van der Waals surface area (Å²) < 4.78 is 5.08. The van der Waals surface area contributed by atoms with Crippen LogP contribution in [0, 0.1) is 6.92 Å². The maximum absolute atomic E-state index is 5.08. The summed E-state index contributed by atoms with van der Waals surface area (Å²) in [6.45, 7) is 4.61.